The minimum atomic E-state index is -0.0271. The van der Waals surface area contributed by atoms with E-state index in [0.717, 1.165) is 36.9 Å². The second-order valence-corrected chi connectivity index (χ2v) is 8.00. The Kier molecular flexibility index (Phi) is 5.57. The molecule has 1 unspecified atom stereocenters. The van der Waals surface area contributed by atoms with Crippen molar-refractivity contribution in [3.8, 4) is 6.07 Å². The molecule has 0 radical (unpaired) electrons. The van der Waals surface area contributed by atoms with Crippen molar-refractivity contribution in [1.29, 1.82) is 5.26 Å². The van der Waals surface area contributed by atoms with Crippen molar-refractivity contribution >= 4 is 22.5 Å². The number of pyridine rings is 1. The number of carbonyl (C=O) groups is 1. The van der Waals surface area contributed by atoms with Crippen LogP contribution in [-0.2, 0) is 4.79 Å². The van der Waals surface area contributed by atoms with E-state index in [9.17, 15) is 4.79 Å². The maximum atomic E-state index is 12.7. The molecule has 0 saturated heterocycles. The van der Waals surface area contributed by atoms with Gasteiger partial charge in [-0.3, -0.25) is 9.78 Å². The number of hydrogen-bond donors (Lipinski definition) is 1. The Morgan fingerprint density at radius 3 is 2.52 bits per heavy atom. The largest absolute Gasteiger partial charge is 0.326 e. The van der Waals surface area contributed by atoms with Crippen LogP contribution in [0, 0.1) is 23.2 Å². The summed E-state index contributed by atoms with van der Waals surface area (Å²) < 4.78 is 0. The van der Waals surface area contributed by atoms with Gasteiger partial charge in [0.25, 0.3) is 0 Å². The van der Waals surface area contributed by atoms with Crippen LogP contribution in [0.4, 0.5) is 5.69 Å². The molecule has 0 aliphatic heterocycles. The molecule has 146 valence electrons. The predicted octanol–water partition coefficient (Wildman–Crippen LogP) is 5.66. The second-order valence-electron chi connectivity index (χ2n) is 8.00. The molecule has 0 bridgehead atoms. The van der Waals surface area contributed by atoms with Gasteiger partial charge in [-0.05, 0) is 79.5 Å². The van der Waals surface area contributed by atoms with Gasteiger partial charge in [-0.15, -0.1) is 0 Å². The zero-order valence-corrected chi connectivity index (χ0v) is 16.6. The van der Waals surface area contributed by atoms with Gasteiger partial charge in [-0.2, -0.15) is 5.26 Å². The van der Waals surface area contributed by atoms with E-state index in [-0.39, 0.29) is 11.8 Å². The van der Waals surface area contributed by atoms with E-state index in [1.807, 2.05) is 19.2 Å². The molecule has 4 nitrogen and oxygen atoms in total. The number of fused-ring (bicyclic) bond motifs is 1. The molecule has 1 fully saturated rings. The number of anilines is 1. The van der Waals surface area contributed by atoms with Crippen LogP contribution < -0.4 is 5.32 Å². The van der Waals surface area contributed by atoms with E-state index in [1.54, 1.807) is 24.3 Å². The smallest absolute Gasteiger partial charge is 0.227 e. The van der Waals surface area contributed by atoms with Crippen molar-refractivity contribution < 1.29 is 4.79 Å². The Morgan fingerprint density at radius 1 is 1.07 bits per heavy atom. The number of hydrogen-bond acceptors (Lipinski definition) is 3. The van der Waals surface area contributed by atoms with Gasteiger partial charge in [0.2, 0.25) is 5.91 Å². The molecule has 1 atom stereocenters. The lowest BCUT2D eigenvalue weighted by Crippen LogP contribution is -2.29. The van der Waals surface area contributed by atoms with Gasteiger partial charge in [0, 0.05) is 23.2 Å². The molecule has 4 heteroatoms. The lowest BCUT2D eigenvalue weighted by Gasteiger charge is -2.32. The number of amides is 1. The SMILES string of the molecule is CC(C(=O)Nc1ccc(C#N)cc1)C1CCC(c2ccnc3ccccc23)CC1. The van der Waals surface area contributed by atoms with Gasteiger partial charge in [-0.25, -0.2) is 0 Å². The lowest BCUT2D eigenvalue weighted by atomic mass is 9.73. The molecule has 3 aromatic rings. The molecule has 0 spiro atoms. The van der Waals surface area contributed by atoms with Crippen LogP contribution in [0.2, 0.25) is 0 Å². The van der Waals surface area contributed by atoms with Crippen LogP contribution >= 0.6 is 0 Å². The fraction of sp³-hybridized carbons (Fsp3) is 0.320. The number of carbonyl (C=O) groups excluding carboxylic acids is 1. The van der Waals surface area contributed by atoms with Crippen molar-refractivity contribution in [1.82, 2.24) is 4.98 Å². The van der Waals surface area contributed by atoms with Gasteiger partial charge >= 0.3 is 0 Å². The highest BCUT2D eigenvalue weighted by atomic mass is 16.1. The summed E-state index contributed by atoms with van der Waals surface area (Å²) in [5.41, 5.74) is 3.79. The molecule has 29 heavy (non-hydrogen) atoms. The standard InChI is InChI=1S/C25H25N3O/c1-17(25(29)28-21-12-6-18(16-26)7-13-21)19-8-10-20(11-9-19)22-14-15-27-24-5-3-2-4-23(22)24/h2-7,12-15,17,19-20H,8-11H2,1H3,(H,28,29). The number of benzene rings is 2. The summed E-state index contributed by atoms with van der Waals surface area (Å²) in [4.78, 5) is 17.2. The Morgan fingerprint density at radius 2 is 1.79 bits per heavy atom. The zero-order chi connectivity index (χ0) is 20.2. The summed E-state index contributed by atoms with van der Waals surface area (Å²) in [7, 11) is 0. The minimum Gasteiger partial charge on any atom is -0.326 e. The lowest BCUT2D eigenvalue weighted by molar-refractivity contribution is -0.121. The maximum absolute atomic E-state index is 12.7. The molecule has 1 aliphatic rings. The van der Waals surface area contributed by atoms with Crippen molar-refractivity contribution in [2.75, 3.05) is 5.32 Å². The first kappa shape index (κ1) is 19.1. The molecule has 4 rings (SSSR count). The van der Waals surface area contributed by atoms with Gasteiger partial charge in [0.1, 0.15) is 0 Å². The van der Waals surface area contributed by atoms with Crippen LogP contribution in [0.1, 0.15) is 49.7 Å². The van der Waals surface area contributed by atoms with Crippen LogP contribution in [0.3, 0.4) is 0 Å². The summed E-state index contributed by atoms with van der Waals surface area (Å²) in [5.74, 6) is 0.971. The maximum Gasteiger partial charge on any atom is 0.227 e. The van der Waals surface area contributed by atoms with Gasteiger partial charge in [-0.1, -0.05) is 25.1 Å². The molecule has 1 amide bonds. The fourth-order valence-electron chi connectivity index (χ4n) is 4.50. The fourth-order valence-corrected chi connectivity index (χ4v) is 4.50. The van der Waals surface area contributed by atoms with Gasteiger partial charge in [0.15, 0.2) is 0 Å². The van der Waals surface area contributed by atoms with Crippen molar-refractivity contribution in [2.45, 2.75) is 38.5 Å². The van der Waals surface area contributed by atoms with Crippen LogP contribution in [-0.4, -0.2) is 10.9 Å². The number of nitriles is 1. The van der Waals surface area contributed by atoms with Crippen LogP contribution in [0.15, 0.2) is 60.8 Å². The topological polar surface area (TPSA) is 65.8 Å². The Balaban J connectivity index is 1.38. The number of nitrogens with zero attached hydrogens (tertiary/aromatic N) is 2. The monoisotopic (exact) mass is 383 g/mol. The molecule has 1 saturated carbocycles. The highest BCUT2D eigenvalue weighted by molar-refractivity contribution is 5.92. The van der Waals surface area contributed by atoms with Crippen molar-refractivity contribution in [3.05, 3.63) is 71.9 Å². The van der Waals surface area contributed by atoms with Crippen molar-refractivity contribution in [3.63, 3.8) is 0 Å². The minimum absolute atomic E-state index is 0.0271. The first-order valence-electron chi connectivity index (χ1n) is 10.3. The third kappa shape index (κ3) is 4.14. The molecule has 1 aromatic heterocycles. The second kappa shape index (κ2) is 8.45. The Hall–Kier alpha value is -3.19. The van der Waals surface area contributed by atoms with E-state index in [1.165, 1.54) is 10.9 Å². The molecule has 1 aliphatic carbocycles. The number of para-hydroxylation sites is 1. The van der Waals surface area contributed by atoms with Crippen molar-refractivity contribution in [2.24, 2.45) is 11.8 Å². The molecular formula is C25H25N3O. The quantitative estimate of drug-likeness (QED) is 0.632. The molecule has 1 N–H and O–H groups in total. The summed E-state index contributed by atoms with van der Waals surface area (Å²) in [6.45, 7) is 2.03. The van der Waals surface area contributed by atoms with E-state index >= 15 is 0 Å². The van der Waals surface area contributed by atoms with E-state index in [0.29, 0.717) is 17.4 Å². The average Bonchev–Trinajstić information content (AvgIpc) is 2.79. The van der Waals surface area contributed by atoms with E-state index in [4.69, 9.17) is 5.26 Å². The average molecular weight is 383 g/mol. The first-order chi connectivity index (χ1) is 14.2. The summed E-state index contributed by atoms with van der Waals surface area (Å²) >= 11 is 0. The van der Waals surface area contributed by atoms with Gasteiger partial charge in [0.05, 0.1) is 17.1 Å². The number of nitrogens with one attached hydrogen (secondary N) is 1. The van der Waals surface area contributed by atoms with Gasteiger partial charge < -0.3 is 5.32 Å². The third-order valence-electron chi connectivity index (χ3n) is 6.30. The predicted molar refractivity (Wildman–Crippen MR) is 115 cm³/mol. The summed E-state index contributed by atoms with van der Waals surface area (Å²) in [6.07, 6.45) is 6.24. The van der Waals surface area contributed by atoms with Crippen LogP contribution in [0.25, 0.3) is 10.9 Å². The number of aromatic nitrogens is 1. The normalized spacial score (nSPS) is 20.0. The molecule has 1 heterocycles. The first-order valence-corrected chi connectivity index (χ1v) is 10.3. The summed E-state index contributed by atoms with van der Waals surface area (Å²) in [6, 6.07) is 19.6. The Labute approximate surface area is 171 Å². The van der Waals surface area contributed by atoms with Crippen LogP contribution in [0.5, 0.6) is 0 Å². The Bertz CT molecular complexity index is 1040. The summed E-state index contributed by atoms with van der Waals surface area (Å²) in [5, 5.41) is 13.1. The molecular weight excluding hydrogens is 358 g/mol. The number of rotatable bonds is 4. The molecule has 2 aromatic carbocycles. The van der Waals surface area contributed by atoms with E-state index < -0.39 is 0 Å². The highest BCUT2D eigenvalue weighted by Gasteiger charge is 2.30. The van der Waals surface area contributed by atoms with E-state index in [2.05, 4.69) is 40.6 Å². The zero-order valence-electron chi connectivity index (χ0n) is 16.6. The third-order valence-corrected chi connectivity index (χ3v) is 6.30. The highest BCUT2D eigenvalue weighted by Crippen LogP contribution is 2.40.